The Hall–Kier alpha value is -1.36. The van der Waals surface area contributed by atoms with Crippen LogP contribution in [0.4, 0.5) is 0 Å². The Morgan fingerprint density at radius 2 is 2.00 bits per heavy atom. The van der Waals surface area contributed by atoms with Crippen LogP contribution >= 0.6 is 34.5 Å². The molecule has 1 aromatic carbocycles. The molecule has 3 aromatic rings. The van der Waals surface area contributed by atoms with Crippen molar-refractivity contribution < 1.29 is 4.74 Å². The zero-order chi connectivity index (χ0) is 13.4. The minimum absolute atomic E-state index is 0.451. The quantitative estimate of drug-likeness (QED) is 0.645. The van der Waals surface area contributed by atoms with Gasteiger partial charge in [-0.3, -0.25) is 0 Å². The largest absolute Gasteiger partial charge is 0.496 e. The molecule has 2 aromatic heterocycles. The highest BCUT2D eigenvalue weighted by Gasteiger charge is 2.13. The van der Waals surface area contributed by atoms with Crippen molar-refractivity contribution in [3.05, 3.63) is 39.8 Å². The van der Waals surface area contributed by atoms with Crippen LogP contribution in [0.1, 0.15) is 0 Å². The van der Waals surface area contributed by atoms with Crippen molar-refractivity contribution in [1.29, 1.82) is 0 Å². The maximum atomic E-state index is 6.17. The first kappa shape index (κ1) is 12.7. The van der Waals surface area contributed by atoms with Gasteiger partial charge in [0, 0.05) is 5.02 Å². The number of nitrogens with zero attached hydrogens (tertiary/aromatic N) is 2. The molecular weight excluding hydrogens is 303 g/mol. The summed E-state index contributed by atoms with van der Waals surface area (Å²) in [7, 11) is 1.58. The van der Waals surface area contributed by atoms with E-state index in [0.717, 1.165) is 15.8 Å². The molecule has 0 unspecified atom stereocenters. The molecule has 3 rings (SSSR count). The predicted octanol–water partition coefficient (Wildman–Crippen LogP) is 4.67. The number of rotatable bonds is 2. The predicted molar refractivity (Wildman–Crippen MR) is 79.4 cm³/mol. The number of aromatic nitrogens is 2. The van der Waals surface area contributed by atoms with Crippen LogP contribution in [0.3, 0.4) is 0 Å². The molecule has 0 radical (unpaired) electrons. The molecule has 0 amide bonds. The Labute approximate surface area is 123 Å². The van der Waals surface area contributed by atoms with Gasteiger partial charge in [-0.15, -0.1) is 11.3 Å². The van der Waals surface area contributed by atoms with E-state index in [2.05, 4.69) is 9.97 Å². The summed E-state index contributed by atoms with van der Waals surface area (Å²) in [6, 6.07) is 7.24. The van der Waals surface area contributed by atoms with E-state index in [-0.39, 0.29) is 0 Å². The highest BCUT2D eigenvalue weighted by molar-refractivity contribution is 7.17. The van der Waals surface area contributed by atoms with Gasteiger partial charge in [-0.1, -0.05) is 23.2 Å². The summed E-state index contributed by atoms with van der Waals surface area (Å²) in [5, 5.41) is 2.99. The summed E-state index contributed by atoms with van der Waals surface area (Å²) < 4.78 is 6.20. The number of ether oxygens (including phenoxy) is 1. The minimum Gasteiger partial charge on any atom is -0.496 e. The van der Waals surface area contributed by atoms with Crippen molar-refractivity contribution in [3.63, 3.8) is 0 Å². The van der Waals surface area contributed by atoms with Crippen LogP contribution in [0.2, 0.25) is 10.2 Å². The average molecular weight is 311 g/mol. The van der Waals surface area contributed by atoms with Crippen LogP contribution in [-0.2, 0) is 0 Å². The second-order valence-electron chi connectivity index (χ2n) is 3.82. The fourth-order valence-electron chi connectivity index (χ4n) is 1.80. The second-order valence-corrected chi connectivity index (χ2v) is 5.53. The molecule has 96 valence electrons. The summed E-state index contributed by atoms with van der Waals surface area (Å²) in [6.45, 7) is 0. The molecule has 0 fully saturated rings. The van der Waals surface area contributed by atoms with Crippen LogP contribution in [-0.4, -0.2) is 17.1 Å². The molecule has 0 saturated carbocycles. The normalized spacial score (nSPS) is 10.9. The van der Waals surface area contributed by atoms with E-state index in [1.54, 1.807) is 19.2 Å². The van der Waals surface area contributed by atoms with Crippen molar-refractivity contribution in [1.82, 2.24) is 9.97 Å². The molecule has 19 heavy (non-hydrogen) atoms. The molecule has 0 saturated heterocycles. The Morgan fingerprint density at radius 1 is 1.16 bits per heavy atom. The zero-order valence-electron chi connectivity index (χ0n) is 9.85. The van der Waals surface area contributed by atoms with Gasteiger partial charge in [0.15, 0.2) is 11.0 Å². The Kier molecular flexibility index (Phi) is 3.31. The third-order valence-corrected chi connectivity index (χ3v) is 4.20. The molecule has 0 aliphatic heterocycles. The third-order valence-electron chi connectivity index (χ3n) is 2.67. The highest BCUT2D eigenvalue weighted by Crippen LogP contribution is 2.33. The summed E-state index contributed by atoms with van der Waals surface area (Å²) in [5.41, 5.74) is 1.60. The van der Waals surface area contributed by atoms with Gasteiger partial charge in [-0.05, 0) is 29.6 Å². The van der Waals surface area contributed by atoms with Gasteiger partial charge in [-0.2, -0.15) is 0 Å². The molecular formula is C13H8Cl2N2OS. The van der Waals surface area contributed by atoms with Crippen LogP contribution < -0.4 is 4.74 Å². The minimum atomic E-state index is 0.451. The van der Waals surface area contributed by atoms with E-state index >= 15 is 0 Å². The van der Waals surface area contributed by atoms with Crippen LogP contribution in [0, 0.1) is 0 Å². The lowest BCUT2D eigenvalue weighted by Gasteiger charge is -2.08. The van der Waals surface area contributed by atoms with Gasteiger partial charge >= 0.3 is 0 Å². The smallest absolute Gasteiger partial charge is 0.165 e. The van der Waals surface area contributed by atoms with E-state index in [9.17, 15) is 0 Å². The van der Waals surface area contributed by atoms with Gasteiger partial charge in [-0.25, -0.2) is 9.97 Å². The van der Waals surface area contributed by atoms with E-state index in [1.165, 1.54) is 11.3 Å². The van der Waals surface area contributed by atoms with Crippen molar-refractivity contribution in [2.45, 2.75) is 0 Å². The molecule has 0 aliphatic rings. The number of methoxy groups -OCH3 is 1. The van der Waals surface area contributed by atoms with E-state index in [1.807, 2.05) is 17.5 Å². The number of hydrogen-bond donors (Lipinski definition) is 0. The van der Waals surface area contributed by atoms with Gasteiger partial charge in [0.25, 0.3) is 0 Å². The lowest BCUT2D eigenvalue weighted by molar-refractivity contribution is 0.416. The molecule has 0 spiro atoms. The molecule has 3 nitrogen and oxygen atoms in total. The Morgan fingerprint density at radius 3 is 2.79 bits per heavy atom. The standard InChI is InChI=1S/C13H8Cl2N2OS/c1-18-10-6-7(14)2-3-8(10)13-16-9-4-5-19-11(9)12(15)17-13/h2-6H,1H3. The number of benzene rings is 1. The maximum absolute atomic E-state index is 6.17. The molecule has 6 heteroatoms. The van der Waals surface area contributed by atoms with Gasteiger partial charge in [0.05, 0.1) is 22.9 Å². The van der Waals surface area contributed by atoms with Crippen LogP contribution in [0.5, 0.6) is 5.75 Å². The number of fused-ring (bicyclic) bond motifs is 1. The fourth-order valence-corrected chi connectivity index (χ4v) is 2.98. The number of hydrogen-bond acceptors (Lipinski definition) is 4. The second kappa shape index (κ2) is 4.96. The first-order valence-corrected chi connectivity index (χ1v) is 7.07. The lowest BCUT2D eigenvalue weighted by atomic mass is 10.2. The number of halogens is 2. The molecule has 0 bridgehead atoms. The molecule has 0 aliphatic carbocycles. The molecule has 0 atom stereocenters. The molecule has 2 heterocycles. The topological polar surface area (TPSA) is 35.0 Å². The first-order valence-electron chi connectivity index (χ1n) is 5.43. The van der Waals surface area contributed by atoms with E-state index < -0.39 is 0 Å². The Bertz CT molecular complexity index is 757. The summed E-state index contributed by atoms with van der Waals surface area (Å²) in [4.78, 5) is 8.82. The molecule has 0 N–H and O–H groups in total. The van der Waals surface area contributed by atoms with Crippen molar-refractivity contribution in [3.8, 4) is 17.1 Å². The third kappa shape index (κ3) is 2.27. The lowest BCUT2D eigenvalue weighted by Crippen LogP contribution is -1.93. The van der Waals surface area contributed by atoms with Crippen LogP contribution in [0.15, 0.2) is 29.6 Å². The van der Waals surface area contributed by atoms with Crippen LogP contribution in [0.25, 0.3) is 21.6 Å². The van der Waals surface area contributed by atoms with E-state index in [0.29, 0.717) is 21.7 Å². The zero-order valence-corrected chi connectivity index (χ0v) is 12.2. The SMILES string of the molecule is COc1cc(Cl)ccc1-c1nc(Cl)c2sccc2n1. The van der Waals surface area contributed by atoms with Crippen molar-refractivity contribution in [2.24, 2.45) is 0 Å². The van der Waals surface area contributed by atoms with Crippen molar-refractivity contribution >= 4 is 44.8 Å². The van der Waals surface area contributed by atoms with Gasteiger partial charge in [0.2, 0.25) is 0 Å². The number of thiophene rings is 1. The average Bonchev–Trinajstić information content (AvgIpc) is 2.87. The van der Waals surface area contributed by atoms with Gasteiger partial charge < -0.3 is 4.74 Å². The monoisotopic (exact) mass is 310 g/mol. The fraction of sp³-hybridized carbons (Fsp3) is 0.0769. The summed E-state index contributed by atoms with van der Waals surface area (Å²) in [5.74, 6) is 1.16. The Balaban J connectivity index is 2.23. The van der Waals surface area contributed by atoms with Gasteiger partial charge in [0.1, 0.15) is 5.75 Å². The maximum Gasteiger partial charge on any atom is 0.165 e. The highest BCUT2D eigenvalue weighted by atomic mass is 35.5. The van der Waals surface area contributed by atoms with E-state index in [4.69, 9.17) is 27.9 Å². The summed E-state index contributed by atoms with van der Waals surface area (Å²) >= 11 is 13.6. The summed E-state index contributed by atoms with van der Waals surface area (Å²) in [6.07, 6.45) is 0. The first-order chi connectivity index (χ1) is 9.19. The van der Waals surface area contributed by atoms with Crippen molar-refractivity contribution in [2.75, 3.05) is 7.11 Å².